The van der Waals surface area contributed by atoms with Crippen LogP contribution in [0.15, 0.2) is 84.9 Å². The van der Waals surface area contributed by atoms with Gasteiger partial charge in [-0.15, -0.1) is 0 Å². The van der Waals surface area contributed by atoms with Crippen molar-refractivity contribution in [2.24, 2.45) is 17.1 Å². The van der Waals surface area contributed by atoms with E-state index in [-0.39, 0.29) is 57.8 Å². The smallest absolute Gasteiger partial charge is 0.287 e. The van der Waals surface area contributed by atoms with Gasteiger partial charge < -0.3 is 47.5 Å². The van der Waals surface area contributed by atoms with Crippen molar-refractivity contribution >= 4 is 53.5 Å². The van der Waals surface area contributed by atoms with Gasteiger partial charge in [-0.1, -0.05) is 139 Å². The number of rotatable bonds is 33. The number of primary amides is 1. The molecule has 0 radical (unpaired) electrons. The molecule has 0 aliphatic carbocycles. The molecule has 0 heterocycles. The maximum absolute atomic E-state index is 14.6. The standard InChI is InChI=1S/C54H76N8O12/c1-8-9-25-40(46(66)48(55)67)57-49(68)41(28-35(2)3)59-53(72)47(54(5,6)7)61-50(69)42(29-39-24-17-16-19-36(39)4)58-52(71)44(33-73-31-37-20-12-10-13-21-37)60-51(70)43(30-63)56-45(65)26-18-27-62(34-64)74-32-38-22-14-11-15-23-38/h10-17,19-24,34-35,40-44,47,63H,8-9,18,25-33H2,1-7H3,(H2,55,67)(H,56,65)(H,57,68)(H,58,71)(H,59,72)(H,60,70)(H,61,69)/t40?,41-,42-,43-,44+,47+/m0/s1. The molecular formula is C54H76N8O12. The van der Waals surface area contributed by atoms with E-state index in [0.717, 1.165) is 21.8 Å². The fraction of sp³-hybridized carbons (Fsp3) is 0.500. The molecule has 0 saturated carbocycles. The molecule has 8 amide bonds. The van der Waals surface area contributed by atoms with E-state index in [0.29, 0.717) is 24.8 Å². The van der Waals surface area contributed by atoms with Crippen LogP contribution >= 0.6 is 0 Å². The van der Waals surface area contributed by atoms with Crippen LogP contribution in [-0.4, -0.2) is 120 Å². The Kier molecular flexibility index (Phi) is 26.1. The van der Waals surface area contributed by atoms with Crippen LogP contribution in [0.25, 0.3) is 0 Å². The first kappa shape index (κ1) is 61.3. The van der Waals surface area contributed by atoms with Gasteiger partial charge in [0.2, 0.25) is 47.6 Å². The van der Waals surface area contributed by atoms with Gasteiger partial charge in [0, 0.05) is 19.4 Å². The van der Waals surface area contributed by atoms with E-state index >= 15 is 0 Å². The van der Waals surface area contributed by atoms with Gasteiger partial charge in [0.05, 0.1) is 25.9 Å². The van der Waals surface area contributed by atoms with Crippen LogP contribution in [0.3, 0.4) is 0 Å². The van der Waals surface area contributed by atoms with E-state index in [1.807, 2.05) is 70.2 Å². The normalized spacial score (nSPS) is 13.7. The molecule has 0 fully saturated rings. The summed E-state index contributed by atoms with van der Waals surface area (Å²) < 4.78 is 5.91. The van der Waals surface area contributed by atoms with Gasteiger partial charge in [0.1, 0.15) is 36.8 Å². The van der Waals surface area contributed by atoms with Crippen molar-refractivity contribution in [3.8, 4) is 0 Å². The predicted octanol–water partition coefficient (Wildman–Crippen LogP) is 2.36. The molecule has 9 N–H and O–H groups in total. The zero-order chi connectivity index (χ0) is 54.8. The van der Waals surface area contributed by atoms with Crippen molar-refractivity contribution in [3.63, 3.8) is 0 Å². The summed E-state index contributed by atoms with van der Waals surface area (Å²) in [6.45, 7) is 11.4. The Bertz CT molecular complexity index is 2310. The van der Waals surface area contributed by atoms with E-state index in [2.05, 4.69) is 31.9 Å². The number of nitrogens with two attached hydrogens (primary N) is 1. The second-order valence-electron chi connectivity index (χ2n) is 19.6. The Hall–Kier alpha value is -7.03. The van der Waals surface area contributed by atoms with Crippen molar-refractivity contribution < 1.29 is 57.8 Å². The van der Waals surface area contributed by atoms with E-state index in [4.69, 9.17) is 15.3 Å². The maximum Gasteiger partial charge on any atom is 0.287 e. The van der Waals surface area contributed by atoms with Crippen LogP contribution in [0, 0.1) is 18.3 Å². The van der Waals surface area contributed by atoms with Crippen LogP contribution in [0.4, 0.5) is 0 Å². The molecule has 404 valence electrons. The summed E-state index contributed by atoms with van der Waals surface area (Å²) in [5, 5.41) is 27.2. The zero-order valence-electron chi connectivity index (χ0n) is 43.6. The fourth-order valence-corrected chi connectivity index (χ4v) is 7.60. The summed E-state index contributed by atoms with van der Waals surface area (Å²) in [5.41, 5.74) is 7.34. The molecule has 1 unspecified atom stereocenters. The molecule has 0 spiro atoms. The number of carbonyl (C=O) groups excluding carboxylic acids is 9. The average Bonchev–Trinajstić information content (AvgIpc) is 3.36. The number of benzene rings is 3. The van der Waals surface area contributed by atoms with E-state index < -0.39 is 102 Å². The summed E-state index contributed by atoms with van der Waals surface area (Å²) in [5.74, 6) is -7.00. The number of hydrogen-bond donors (Lipinski definition) is 8. The fourth-order valence-electron chi connectivity index (χ4n) is 7.60. The van der Waals surface area contributed by atoms with Gasteiger partial charge >= 0.3 is 0 Å². The summed E-state index contributed by atoms with van der Waals surface area (Å²) in [4.78, 5) is 126. The summed E-state index contributed by atoms with van der Waals surface area (Å²) in [7, 11) is 0. The number of unbranched alkanes of at least 4 members (excludes halogenated alkanes) is 1. The third kappa shape index (κ3) is 21.6. The molecule has 20 heteroatoms. The number of nitrogens with zero attached hydrogens (tertiary/aromatic N) is 1. The largest absolute Gasteiger partial charge is 0.394 e. The minimum atomic E-state index is -1.52. The number of nitrogens with one attached hydrogen (secondary N) is 6. The summed E-state index contributed by atoms with van der Waals surface area (Å²) >= 11 is 0. The molecular weight excluding hydrogens is 953 g/mol. The van der Waals surface area contributed by atoms with Crippen LogP contribution in [-0.2, 0) is 72.4 Å². The lowest BCUT2D eigenvalue weighted by Gasteiger charge is -2.34. The number of ketones is 1. The number of hydrogen-bond acceptors (Lipinski definition) is 12. The minimum absolute atomic E-state index is 0.0275. The van der Waals surface area contributed by atoms with Gasteiger partial charge in [0.15, 0.2) is 0 Å². The highest BCUT2D eigenvalue weighted by atomic mass is 16.7. The third-order valence-corrected chi connectivity index (χ3v) is 11.8. The van der Waals surface area contributed by atoms with Gasteiger partial charge in [-0.2, -0.15) is 0 Å². The lowest BCUT2D eigenvalue weighted by molar-refractivity contribution is -0.177. The Morgan fingerprint density at radius 3 is 1.78 bits per heavy atom. The van der Waals surface area contributed by atoms with Crippen LogP contribution in [0.5, 0.6) is 0 Å². The van der Waals surface area contributed by atoms with Crippen LogP contribution < -0.4 is 37.6 Å². The first-order valence-corrected chi connectivity index (χ1v) is 25.0. The molecule has 74 heavy (non-hydrogen) atoms. The van der Waals surface area contributed by atoms with Crippen molar-refractivity contribution in [1.82, 2.24) is 37.0 Å². The molecule has 6 atom stereocenters. The van der Waals surface area contributed by atoms with Crippen molar-refractivity contribution in [2.75, 3.05) is 19.8 Å². The van der Waals surface area contributed by atoms with Gasteiger partial charge in [-0.3, -0.25) is 48.0 Å². The molecule has 3 aromatic carbocycles. The van der Waals surface area contributed by atoms with Gasteiger partial charge in [-0.25, -0.2) is 5.06 Å². The number of carbonyl (C=O) groups is 9. The molecule has 3 aromatic rings. The zero-order valence-corrected chi connectivity index (χ0v) is 43.6. The SMILES string of the molecule is CCCCC(NC(=O)[C@H](CC(C)C)NC(=O)[C@@H](NC(=O)[C@H](Cc1ccccc1C)NC(=O)[C@@H](COCc1ccccc1)NC(=O)[C@H](CO)NC(=O)CCCN(C=O)OCc1ccccc1)C(C)(C)C)C(=O)C(N)=O. The highest BCUT2D eigenvalue weighted by Gasteiger charge is 2.39. The van der Waals surface area contributed by atoms with Crippen molar-refractivity contribution in [3.05, 3.63) is 107 Å². The monoisotopic (exact) mass is 1030 g/mol. The molecule has 0 aliphatic heterocycles. The van der Waals surface area contributed by atoms with Crippen LogP contribution in [0.2, 0.25) is 0 Å². The first-order valence-electron chi connectivity index (χ1n) is 25.0. The minimum Gasteiger partial charge on any atom is -0.394 e. The maximum atomic E-state index is 14.6. The van der Waals surface area contributed by atoms with Crippen molar-refractivity contribution in [1.29, 1.82) is 0 Å². The highest BCUT2D eigenvalue weighted by molar-refractivity contribution is 6.37. The van der Waals surface area contributed by atoms with Crippen LogP contribution in [0.1, 0.15) is 102 Å². The number of hydroxylamine groups is 2. The topological polar surface area (TPSA) is 294 Å². The summed E-state index contributed by atoms with van der Waals surface area (Å²) in [6.07, 6.45) is 1.87. The second-order valence-corrected chi connectivity index (χ2v) is 19.6. The Morgan fingerprint density at radius 1 is 0.676 bits per heavy atom. The Balaban J connectivity index is 1.87. The Morgan fingerprint density at radius 2 is 1.22 bits per heavy atom. The number of aliphatic hydroxyl groups is 1. The molecule has 0 aliphatic rings. The number of aliphatic hydroxyl groups excluding tert-OH is 1. The summed E-state index contributed by atoms with van der Waals surface area (Å²) in [6, 6.07) is 17.2. The van der Waals surface area contributed by atoms with E-state index in [9.17, 15) is 48.3 Å². The quantitative estimate of drug-likeness (QED) is 0.0248. The second kappa shape index (κ2) is 31.5. The highest BCUT2D eigenvalue weighted by Crippen LogP contribution is 2.21. The first-order chi connectivity index (χ1) is 35.2. The molecule has 3 rings (SSSR count). The van der Waals surface area contributed by atoms with Crippen molar-refractivity contribution in [2.45, 2.75) is 143 Å². The molecule has 0 bridgehead atoms. The van der Waals surface area contributed by atoms with E-state index in [1.165, 1.54) is 0 Å². The predicted molar refractivity (Wildman–Crippen MR) is 276 cm³/mol. The van der Waals surface area contributed by atoms with Gasteiger partial charge in [0.25, 0.3) is 5.91 Å². The third-order valence-electron chi connectivity index (χ3n) is 11.8. The number of amides is 8. The van der Waals surface area contributed by atoms with E-state index in [1.54, 1.807) is 63.2 Å². The Labute approximate surface area is 434 Å². The van der Waals surface area contributed by atoms with Gasteiger partial charge in [-0.05, 0) is 59.8 Å². The average molecular weight is 1030 g/mol. The molecule has 0 aromatic heterocycles. The number of Topliss-reactive ketones (excluding diaryl/α,β-unsaturated/α-hetero) is 1. The lowest BCUT2D eigenvalue weighted by atomic mass is 9.85. The molecule has 20 nitrogen and oxygen atoms in total. The number of ether oxygens (including phenoxy) is 1. The number of aryl methyl sites for hydroxylation is 1. The lowest BCUT2D eigenvalue weighted by Crippen LogP contribution is -2.62. The molecule has 0 saturated heterocycles.